The molecule has 0 bridgehead atoms. The Morgan fingerprint density at radius 3 is 1.23 bits per heavy atom. The van der Waals surface area contributed by atoms with E-state index in [0.717, 1.165) is 0 Å². The van der Waals surface area contributed by atoms with Crippen molar-refractivity contribution >= 4 is 0 Å². The van der Waals surface area contributed by atoms with E-state index in [4.69, 9.17) is 5.11 Å². The van der Waals surface area contributed by atoms with Crippen LogP contribution in [0.2, 0.25) is 0 Å². The van der Waals surface area contributed by atoms with Crippen LogP contribution in [0.25, 0.3) is 0 Å². The first-order chi connectivity index (χ1) is 5.44. The number of aliphatic hydroxyl groups is 1. The van der Waals surface area contributed by atoms with Crippen molar-refractivity contribution in [2.45, 2.75) is 24.9 Å². The van der Waals surface area contributed by atoms with E-state index in [0.29, 0.717) is 6.92 Å². The van der Waals surface area contributed by atoms with E-state index in [1.54, 1.807) is 0 Å². The molecule has 0 aromatic rings. The Bertz CT molecular complexity index is 165. The van der Waals surface area contributed by atoms with Crippen molar-refractivity contribution in [3.05, 3.63) is 6.92 Å². The van der Waals surface area contributed by atoms with Crippen molar-refractivity contribution in [3.63, 3.8) is 0 Å². The molecule has 0 aliphatic heterocycles. The van der Waals surface area contributed by atoms with Gasteiger partial charge in [0.15, 0.2) is 0 Å². The summed E-state index contributed by atoms with van der Waals surface area (Å²) >= 11 is 0. The lowest BCUT2D eigenvalue weighted by Gasteiger charge is -2.35. The Kier molecular flexibility index (Phi) is 2.93. The van der Waals surface area contributed by atoms with Gasteiger partial charge in [-0.1, -0.05) is 6.92 Å². The maximum Gasteiger partial charge on any atom is 0.426 e. The molecular weight excluding hydrogens is 202 g/mol. The molecule has 0 spiro atoms. The standard InChI is InChI=1S/C6H7F6O/c1-3(2)4(13,5(7,8)9)6(10,11)12/h3,13H,1H2,2H3. The molecule has 0 rings (SSSR count). The zero-order valence-corrected chi connectivity index (χ0v) is 6.50. The molecule has 0 saturated carbocycles. The van der Waals surface area contributed by atoms with E-state index >= 15 is 0 Å². The topological polar surface area (TPSA) is 20.2 Å². The molecule has 1 N–H and O–H groups in total. The maximum absolute atomic E-state index is 11.8. The van der Waals surface area contributed by atoms with Crippen molar-refractivity contribution < 1.29 is 31.4 Å². The summed E-state index contributed by atoms with van der Waals surface area (Å²) < 4.78 is 71.0. The first kappa shape index (κ1) is 12.5. The predicted molar refractivity (Wildman–Crippen MR) is 31.6 cm³/mol. The number of hydrogen-bond donors (Lipinski definition) is 1. The van der Waals surface area contributed by atoms with Crippen LogP contribution in [-0.2, 0) is 0 Å². The maximum atomic E-state index is 11.8. The summed E-state index contributed by atoms with van der Waals surface area (Å²) in [4.78, 5) is 0. The molecule has 0 amide bonds. The van der Waals surface area contributed by atoms with Crippen LogP contribution in [-0.4, -0.2) is 23.1 Å². The van der Waals surface area contributed by atoms with E-state index in [-0.39, 0.29) is 0 Å². The summed E-state index contributed by atoms with van der Waals surface area (Å²) in [7, 11) is 0. The summed E-state index contributed by atoms with van der Waals surface area (Å²) in [5.41, 5.74) is -4.74. The molecule has 0 fully saturated rings. The van der Waals surface area contributed by atoms with Gasteiger partial charge in [-0.25, -0.2) is 0 Å². The SMILES string of the molecule is [CH2]C(C)C(O)(C(F)(F)F)C(F)(F)F. The van der Waals surface area contributed by atoms with Gasteiger partial charge >= 0.3 is 12.4 Å². The van der Waals surface area contributed by atoms with E-state index in [1.165, 1.54) is 0 Å². The van der Waals surface area contributed by atoms with Crippen molar-refractivity contribution in [1.29, 1.82) is 0 Å². The summed E-state index contributed by atoms with van der Waals surface area (Å²) in [6, 6.07) is 0. The molecule has 0 aliphatic carbocycles. The van der Waals surface area contributed by atoms with Crippen molar-refractivity contribution in [2.24, 2.45) is 5.92 Å². The minimum absolute atomic E-state index is 0.543. The molecule has 1 atom stereocenters. The van der Waals surface area contributed by atoms with Gasteiger partial charge in [-0.2, -0.15) is 26.3 Å². The number of alkyl halides is 6. The summed E-state index contributed by atoms with van der Waals surface area (Å²) in [6.45, 7) is 3.10. The van der Waals surface area contributed by atoms with E-state index in [2.05, 4.69) is 6.92 Å². The lowest BCUT2D eigenvalue weighted by atomic mass is 9.89. The monoisotopic (exact) mass is 209 g/mol. The Hall–Kier alpha value is -0.460. The smallest absolute Gasteiger partial charge is 0.373 e. The fourth-order valence-corrected chi connectivity index (χ4v) is 0.719. The van der Waals surface area contributed by atoms with Crippen LogP contribution >= 0.6 is 0 Å². The van der Waals surface area contributed by atoms with Crippen LogP contribution in [0, 0.1) is 12.8 Å². The zero-order valence-electron chi connectivity index (χ0n) is 6.50. The first-order valence-corrected chi connectivity index (χ1v) is 3.13. The number of rotatable bonds is 1. The normalized spacial score (nSPS) is 15.2. The van der Waals surface area contributed by atoms with Gasteiger partial charge in [0.05, 0.1) is 0 Å². The second kappa shape index (κ2) is 3.04. The van der Waals surface area contributed by atoms with Gasteiger partial charge in [0.25, 0.3) is 5.60 Å². The molecule has 1 nitrogen and oxygen atoms in total. The zero-order chi connectivity index (χ0) is 11.1. The Morgan fingerprint density at radius 1 is 1.00 bits per heavy atom. The quantitative estimate of drug-likeness (QED) is 0.657. The van der Waals surface area contributed by atoms with Gasteiger partial charge in [0, 0.05) is 5.92 Å². The molecule has 7 heteroatoms. The molecule has 0 heterocycles. The second-order valence-corrected chi connectivity index (χ2v) is 2.66. The summed E-state index contributed by atoms with van der Waals surface area (Å²) in [5.74, 6) is -2.23. The lowest BCUT2D eigenvalue weighted by molar-refractivity contribution is -0.379. The highest BCUT2D eigenvalue weighted by atomic mass is 19.4. The van der Waals surface area contributed by atoms with Crippen LogP contribution in [0.5, 0.6) is 0 Å². The van der Waals surface area contributed by atoms with Gasteiger partial charge in [-0.05, 0) is 6.92 Å². The van der Waals surface area contributed by atoms with Gasteiger partial charge in [-0.3, -0.25) is 0 Å². The Morgan fingerprint density at radius 2 is 1.23 bits per heavy atom. The third kappa shape index (κ3) is 1.90. The first-order valence-electron chi connectivity index (χ1n) is 3.13. The van der Waals surface area contributed by atoms with Crippen LogP contribution in [0.4, 0.5) is 26.3 Å². The lowest BCUT2D eigenvalue weighted by Crippen LogP contribution is -2.60. The predicted octanol–water partition coefficient (Wildman–Crippen LogP) is 2.31. The number of hydrogen-bond acceptors (Lipinski definition) is 1. The minimum Gasteiger partial charge on any atom is -0.373 e. The van der Waals surface area contributed by atoms with Crippen LogP contribution in [0.15, 0.2) is 0 Å². The highest BCUT2D eigenvalue weighted by Crippen LogP contribution is 2.47. The van der Waals surface area contributed by atoms with Crippen LogP contribution in [0.1, 0.15) is 6.92 Å². The van der Waals surface area contributed by atoms with Crippen LogP contribution < -0.4 is 0 Å². The summed E-state index contributed by atoms with van der Waals surface area (Å²) in [5, 5.41) is 8.45. The molecule has 1 unspecified atom stereocenters. The molecule has 0 aliphatic rings. The van der Waals surface area contributed by atoms with Gasteiger partial charge < -0.3 is 5.11 Å². The van der Waals surface area contributed by atoms with E-state index < -0.39 is 23.9 Å². The van der Waals surface area contributed by atoms with Gasteiger partial charge in [0.1, 0.15) is 0 Å². The molecular formula is C6H7F6O. The van der Waals surface area contributed by atoms with Crippen molar-refractivity contribution in [1.82, 2.24) is 0 Å². The van der Waals surface area contributed by atoms with Gasteiger partial charge in [-0.15, -0.1) is 0 Å². The van der Waals surface area contributed by atoms with Crippen LogP contribution in [0.3, 0.4) is 0 Å². The van der Waals surface area contributed by atoms with Gasteiger partial charge in [0.2, 0.25) is 0 Å². The molecule has 13 heavy (non-hydrogen) atoms. The molecule has 0 aromatic carbocycles. The van der Waals surface area contributed by atoms with Crippen molar-refractivity contribution in [3.8, 4) is 0 Å². The Balaban J connectivity index is 5.22. The largest absolute Gasteiger partial charge is 0.426 e. The highest BCUT2D eigenvalue weighted by molar-refractivity contribution is 4.98. The third-order valence-electron chi connectivity index (χ3n) is 1.58. The highest BCUT2D eigenvalue weighted by Gasteiger charge is 2.71. The average Bonchev–Trinajstić information content (AvgIpc) is 1.80. The molecule has 1 radical (unpaired) electrons. The third-order valence-corrected chi connectivity index (χ3v) is 1.58. The molecule has 0 saturated heterocycles. The van der Waals surface area contributed by atoms with E-state index in [9.17, 15) is 26.3 Å². The fraction of sp³-hybridized carbons (Fsp3) is 0.833. The van der Waals surface area contributed by atoms with E-state index in [1.807, 2.05) is 0 Å². The Labute approximate surface area is 70.4 Å². The average molecular weight is 209 g/mol. The molecule has 79 valence electrons. The molecule has 0 aromatic heterocycles. The second-order valence-electron chi connectivity index (χ2n) is 2.66. The minimum atomic E-state index is -5.77. The summed E-state index contributed by atoms with van der Waals surface area (Å²) in [6.07, 6.45) is -11.5. The fourth-order valence-electron chi connectivity index (χ4n) is 0.719. The number of halogens is 6. The van der Waals surface area contributed by atoms with Crippen molar-refractivity contribution in [2.75, 3.05) is 0 Å².